The summed E-state index contributed by atoms with van der Waals surface area (Å²) in [5, 5.41) is 0.305. The molecule has 3 nitrogen and oxygen atoms in total. The molecule has 2 aliphatic carbocycles. The van der Waals surface area contributed by atoms with Crippen LogP contribution in [0.1, 0.15) is 63.4 Å². The Morgan fingerprint density at radius 1 is 0.939 bits per heavy atom. The molecule has 1 heterocycles. The molecule has 1 saturated carbocycles. The topological polar surface area (TPSA) is 15.7 Å². The lowest BCUT2D eigenvalue weighted by atomic mass is 9.79. The van der Waals surface area contributed by atoms with Crippen molar-refractivity contribution < 1.29 is 4.74 Å². The van der Waals surface area contributed by atoms with Gasteiger partial charge in [-0.1, -0.05) is 68.2 Å². The molecule has 180 valence electrons. The smallest absolute Gasteiger partial charge is 0.120 e. The molecule has 0 spiro atoms. The van der Waals surface area contributed by atoms with Gasteiger partial charge in [0.15, 0.2) is 0 Å². The minimum Gasteiger partial charge on any atom is -0.486 e. The van der Waals surface area contributed by atoms with Crippen molar-refractivity contribution in [2.24, 2.45) is 0 Å². The number of ether oxygens (including phenoxy) is 1. The van der Waals surface area contributed by atoms with Gasteiger partial charge < -0.3 is 14.5 Å². The summed E-state index contributed by atoms with van der Waals surface area (Å²) in [6.07, 6.45) is 19.9. The summed E-state index contributed by atoms with van der Waals surface area (Å²) in [5.74, 6) is 1.52. The predicted molar refractivity (Wildman–Crippen MR) is 144 cm³/mol. The SMILES string of the molecule is C[C@H](Oc1ccc(C(CN2CCN(C)CC2)C2(P)CCCCCC2)cc1)C1=CC=CC=CC1. The minimum atomic E-state index is 0.0827. The Morgan fingerprint density at radius 3 is 2.33 bits per heavy atom. The molecule has 2 unspecified atom stereocenters. The summed E-state index contributed by atoms with van der Waals surface area (Å²) in [6.45, 7) is 8.06. The summed E-state index contributed by atoms with van der Waals surface area (Å²) in [5.41, 5.74) is 2.80. The molecule has 4 heteroatoms. The van der Waals surface area contributed by atoms with Crippen LogP contribution in [0, 0.1) is 0 Å². The van der Waals surface area contributed by atoms with Crippen molar-refractivity contribution in [1.29, 1.82) is 0 Å². The maximum absolute atomic E-state index is 6.34. The molecular formula is C29H43N2OP. The second-order valence-corrected chi connectivity index (χ2v) is 11.5. The number of benzene rings is 1. The van der Waals surface area contributed by atoms with Gasteiger partial charge >= 0.3 is 0 Å². The monoisotopic (exact) mass is 466 g/mol. The first-order chi connectivity index (χ1) is 16.0. The first-order valence-electron chi connectivity index (χ1n) is 13.0. The molecule has 1 aromatic rings. The zero-order chi connectivity index (χ0) is 23.1. The van der Waals surface area contributed by atoms with E-state index < -0.39 is 0 Å². The number of likely N-dealkylation sites (N-methyl/N-ethyl adjacent to an activating group) is 1. The first-order valence-corrected chi connectivity index (χ1v) is 13.6. The van der Waals surface area contributed by atoms with Crippen molar-refractivity contribution in [2.45, 2.75) is 69.0 Å². The van der Waals surface area contributed by atoms with E-state index in [1.165, 1.54) is 82.4 Å². The van der Waals surface area contributed by atoms with Crippen LogP contribution in [0.25, 0.3) is 0 Å². The minimum absolute atomic E-state index is 0.0827. The van der Waals surface area contributed by atoms with Crippen LogP contribution in [0.2, 0.25) is 0 Å². The third-order valence-corrected chi connectivity index (χ3v) is 8.88. The highest BCUT2D eigenvalue weighted by Gasteiger charge is 2.37. The first kappa shape index (κ1) is 24.7. The zero-order valence-electron chi connectivity index (χ0n) is 20.7. The van der Waals surface area contributed by atoms with Crippen LogP contribution < -0.4 is 4.74 Å². The van der Waals surface area contributed by atoms with Gasteiger partial charge in [-0.05, 0) is 61.7 Å². The van der Waals surface area contributed by atoms with E-state index in [0.717, 1.165) is 12.2 Å². The van der Waals surface area contributed by atoms with E-state index in [1.54, 1.807) is 0 Å². The maximum atomic E-state index is 6.34. The number of rotatable bonds is 7. The molecule has 0 radical (unpaired) electrons. The normalized spacial score (nSPS) is 23.9. The van der Waals surface area contributed by atoms with E-state index in [2.05, 4.69) is 87.7 Å². The molecule has 1 aromatic carbocycles. The number of nitrogens with zero attached hydrogens (tertiary/aromatic N) is 2. The Labute approximate surface area is 204 Å². The largest absolute Gasteiger partial charge is 0.486 e. The summed E-state index contributed by atoms with van der Waals surface area (Å²) >= 11 is 0. The van der Waals surface area contributed by atoms with Gasteiger partial charge in [0.2, 0.25) is 0 Å². The van der Waals surface area contributed by atoms with Crippen molar-refractivity contribution in [3.8, 4) is 5.75 Å². The lowest BCUT2D eigenvalue weighted by Gasteiger charge is -2.42. The molecule has 3 aliphatic rings. The van der Waals surface area contributed by atoms with Crippen molar-refractivity contribution in [1.82, 2.24) is 9.80 Å². The average molecular weight is 467 g/mol. The lowest BCUT2D eigenvalue weighted by Crippen LogP contribution is -2.48. The van der Waals surface area contributed by atoms with Crippen LogP contribution in [-0.2, 0) is 0 Å². The van der Waals surface area contributed by atoms with Gasteiger partial charge in [-0.25, -0.2) is 0 Å². The van der Waals surface area contributed by atoms with E-state index in [1.807, 2.05) is 0 Å². The number of piperazine rings is 1. The summed E-state index contributed by atoms with van der Waals surface area (Å²) in [6, 6.07) is 9.11. The molecule has 0 N–H and O–H groups in total. The van der Waals surface area contributed by atoms with Gasteiger partial charge in [0.1, 0.15) is 11.9 Å². The van der Waals surface area contributed by atoms with Crippen LogP contribution >= 0.6 is 9.24 Å². The van der Waals surface area contributed by atoms with Gasteiger partial charge in [-0.15, -0.1) is 9.24 Å². The third kappa shape index (κ3) is 6.81. The van der Waals surface area contributed by atoms with Crippen LogP contribution in [0.3, 0.4) is 0 Å². The Hall–Kier alpha value is -1.41. The van der Waals surface area contributed by atoms with Crippen molar-refractivity contribution in [3.05, 3.63) is 65.8 Å². The Bertz CT molecular complexity index is 828. The van der Waals surface area contributed by atoms with E-state index in [0.29, 0.717) is 11.1 Å². The van der Waals surface area contributed by atoms with E-state index in [4.69, 9.17) is 4.74 Å². The molecule has 3 atom stereocenters. The number of hydrogen-bond donors (Lipinski definition) is 0. The maximum Gasteiger partial charge on any atom is 0.120 e. The highest BCUT2D eigenvalue weighted by atomic mass is 31.0. The molecule has 4 rings (SSSR count). The molecule has 1 aliphatic heterocycles. The Morgan fingerprint density at radius 2 is 1.64 bits per heavy atom. The summed E-state index contributed by atoms with van der Waals surface area (Å²) in [4.78, 5) is 5.16. The fraction of sp³-hybridized carbons (Fsp3) is 0.586. The van der Waals surface area contributed by atoms with E-state index >= 15 is 0 Å². The molecule has 2 fully saturated rings. The number of allylic oxidation sites excluding steroid dienone is 5. The van der Waals surface area contributed by atoms with E-state index in [9.17, 15) is 0 Å². The molecule has 33 heavy (non-hydrogen) atoms. The van der Waals surface area contributed by atoms with Gasteiger partial charge in [0.05, 0.1) is 0 Å². The van der Waals surface area contributed by atoms with E-state index in [-0.39, 0.29) is 6.10 Å². The van der Waals surface area contributed by atoms with Crippen molar-refractivity contribution in [2.75, 3.05) is 39.8 Å². The van der Waals surface area contributed by atoms with Crippen LogP contribution in [0.15, 0.2) is 60.2 Å². The fourth-order valence-electron chi connectivity index (χ4n) is 5.60. The van der Waals surface area contributed by atoms with Crippen molar-refractivity contribution in [3.63, 3.8) is 0 Å². The summed E-state index contributed by atoms with van der Waals surface area (Å²) < 4.78 is 6.34. The third-order valence-electron chi connectivity index (χ3n) is 7.90. The van der Waals surface area contributed by atoms with Gasteiger partial charge in [-0.2, -0.15) is 0 Å². The van der Waals surface area contributed by atoms with Crippen molar-refractivity contribution >= 4 is 9.24 Å². The second-order valence-electron chi connectivity index (χ2n) is 10.4. The molecule has 0 aromatic heterocycles. The molecule has 1 saturated heterocycles. The van der Waals surface area contributed by atoms with Crippen LogP contribution in [0.5, 0.6) is 5.75 Å². The Balaban J connectivity index is 1.49. The Kier molecular flexibility index (Phi) is 8.85. The standard InChI is InChI=1S/C29H43N2OP/c1-24(25-11-7-3-4-8-12-25)32-27-15-13-26(14-16-27)28(23-31-21-19-30(2)20-22-31)29(33)17-9-5-6-10-18-29/h3-4,7-8,11,13-16,24,28H,5-6,9-10,12,17-23,33H2,1-2H3/t24-,28?/m0/s1. The lowest BCUT2D eigenvalue weighted by molar-refractivity contribution is 0.139. The molecule has 0 bridgehead atoms. The second kappa shape index (κ2) is 11.8. The summed E-state index contributed by atoms with van der Waals surface area (Å²) in [7, 11) is 5.59. The van der Waals surface area contributed by atoms with Crippen LogP contribution in [0.4, 0.5) is 0 Å². The highest BCUT2D eigenvalue weighted by molar-refractivity contribution is 7.19. The average Bonchev–Trinajstić information content (AvgIpc) is 3.23. The van der Waals surface area contributed by atoms with Gasteiger partial charge in [0, 0.05) is 38.6 Å². The predicted octanol–water partition coefficient (Wildman–Crippen LogP) is 6.20. The quantitative estimate of drug-likeness (QED) is 0.352. The van der Waals surface area contributed by atoms with Gasteiger partial charge in [0.25, 0.3) is 0 Å². The molecule has 0 amide bonds. The molecular weight excluding hydrogens is 423 g/mol. The fourth-order valence-corrected chi connectivity index (χ4v) is 6.30. The van der Waals surface area contributed by atoms with Crippen LogP contribution in [-0.4, -0.2) is 60.8 Å². The van der Waals surface area contributed by atoms with Gasteiger partial charge in [-0.3, -0.25) is 0 Å². The number of hydrogen-bond acceptors (Lipinski definition) is 3. The zero-order valence-corrected chi connectivity index (χ0v) is 21.9. The highest BCUT2D eigenvalue weighted by Crippen LogP contribution is 2.46.